The SMILES string of the molecule is [CH]1CCN(Cc2ccccc2)C[C]1c1cccc2ccccc12. The number of rotatable bonds is 3. The highest BCUT2D eigenvalue weighted by molar-refractivity contribution is 5.87. The monoisotopic (exact) mass is 299 g/mol. The van der Waals surface area contributed by atoms with E-state index in [0.717, 1.165) is 26.1 Å². The van der Waals surface area contributed by atoms with Crippen LogP contribution >= 0.6 is 0 Å². The van der Waals surface area contributed by atoms with Gasteiger partial charge in [-0.2, -0.15) is 0 Å². The molecule has 0 N–H and O–H groups in total. The van der Waals surface area contributed by atoms with Gasteiger partial charge in [0, 0.05) is 19.0 Å². The minimum absolute atomic E-state index is 1.03. The fourth-order valence-electron chi connectivity index (χ4n) is 3.48. The molecule has 0 atom stereocenters. The number of nitrogens with zero attached hydrogens (tertiary/aromatic N) is 1. The standard InChI is InChI=1S/C22H21N/c1-2-8-18(9-3-1)16-23-15-7-12-20(17-23)22-14-6-11-19-10-4-5-13-21(19)22/h1-6,8-14H,7,15-17H2. The van der Waals surface area contributed by atoms with Gasteiger partial charge in [-0.25, -0.2) is 0 Å². The van der Waals surface area contributed by atoms with Crippen LogP contribution in [0.4, 0.5) is 0 Å². The van der Waals surface area contributed by atoms with Crippen molar-refractivity contribution in [1.29, 1.82) is 0 Å². The van der Waals surface area contributed by atoms with Crippen LogP contribution in [-0.4, -0.2) is 18.0 Å². The van der Waals surface area contributed by atoms with Gasteiger partial charge in [-0.3, -0.25) is 4.90 Å². The van der Waals surface area contributed by atoms with E-state index in [0.29, 0.717) is 0 Å². The van der Waals surface area contributed by atoms with E-state index >= 15 is 0 Å². The summed E-state index contributed by atoms with van der Waals surface area (Å²) in [5.41, 5.74) is 2.78. The normalized spacial score (nSPS) is 16.7. The summed E-state index contributed by atoms with van der Waals surface area (Å²) in [6.07, 6.45) is 3.55. The van der Waals surface area contributed by atoms with Gasteiger partial charge in [-0.15, -0.1) is 0 Å². The van der Waals surface area contributed by atoms with E-state index in [9.17, 15) is 0 Å². The molecule has 1 heterocycles. The molecule has 1 fully saturated rings. The Morgan fingerprint density at radius 1 is 0.783 bits per heavy atom. The summed E-state index contributed by atoms with van der Waals surface area (Å²) in [6.45, 7) is 3.20. The maximum Gasteiger partial charge on any atom is 0.0234 e. The van der Waals surface area contributed by atoms with Gasteiger partial charge in [-0.1, -0.05) is 72.8 Å². The van der Waals surface area contributed by atoms with E-state index < -0.39 is 0 Å². The van der Waals surface area contributed by atoms with Gasteiger partial charge >= 0.3 is 0 Å². The summed E-state index contributed by atoms with van der Waals surface area (Å²) in [4.78, 5) is 2.55. The van der Waals surface area contributed by atoms with Crippen molar-refractivity contribution in [2.45, 2.75) is 13.0 Å². The van der Waals surface area contributed by atoms with Crippen molar-refractivity contribution in [2.24, 2.45) is 0 Å². The number of piperidine rings is 1. The average molecular weight is 299 g/mol. The highest BCUT2D eigenvalue weighted by Gasteiger charge is 2.23. The van der Waals surface area contributed by atoms with E-state index in [1.807, 2.05) is 0 Å². The van der Waals surface area contributed by atoms with E-state index in [4.69, 9.17) is 0 Å². The lowest BCUT2D eigenvalue weighted by molar-refractivity contribution is 0.262. The van der Waals surface area contributed by atoms with Crippen molar-refractivity contribution >= 4 is 10.8 Å². The summed E-state index contributed by atoms with van der Waals surface area (Å²) in [6, 6.07) is 26.1. The van der Waals surface area contributed by atoms with Gasteiger partial charge in [0.1, 0.15) is 0 Å². The number of fused-ring (bicyclic) bond motifs is 1. The lowest BCUT2D eigenvalue weighted by Gasteiger charge is -2.33. The van der Waals surface area contributed by atoms with E-state index in [1.54, 1.807) is 0 Å². The Morgan fingerprint density at radius 3 is 2.48 bits per heavy atom. The molecule has 3 aromatic rings. The Labute approximate surface area is 138 Å². The van der Waals surface area contributed by atoms with Gasteiger partial charge in [0.05, 0.1) is 0 Å². The minimum atomic E-state index is 1.03. The summed E-state index contributed by atoms with van der Waals surface area (Å²) in [5.74, 6) is 1.46. The Bertz CT molecular complexity index is 773. The Kier molecular flexibility index (Phi) is 4.12. The van der Waals surface area contributed by atoms with Crippen LogP contribution in [0.3, 0.4) is 0 Å². The second kappa shape index (κ2) is 6.55. The van der Waals surface area contributed by atoms with Crippen LogP contribution in [0.1, 0.15) is 17.5 Å². The van der Waals surface area contributed by atoms with Gasteiger partial charge < -0.3 is 0 Å². The minimum Gasteiger partial charge on any atom is -0.298 e. The zero-order chi connectivity index (χ0) is 15.5. The molecule has 1 heteroatoms. The van der Waals surface area contributed by atoms with Crippen molar-refractivity contribution in [3.63, 3.8) is 0 Å². The second-order valence-electron chi connectivity index (χ2n) is 6.24. The highest BCUT2D eigenvalue weighted by Crippen LogP contribution is 2.31. The smallest absolute Gasteiger partial charge is 0.0234 e. The van der Waals surface area contributed by atoms with Gasteiger partial charge in [-0.05, 0) is 41.3 Å². The Morgan fingerprint density at radius 2 is 1.57 bits per heavy atom. The maximum atomic E-state index is 2.55. The molecular weight excluding hydrogens is 278 g/mol. The number of hydrogen-bond acceptors (Lipinski definition) is 1. The topological polar surface area (TPSA) is 3.24 Å². The van der Waals surface area contributed by atoms with Gasteiger partial charge in [0.15, 0.2) is 0 Å². The van der Waals surface area contributed by atoms with Crippen LogP contribution in [0.15, 0.2) is 72.8 Å². The van der Waals surface area contributed by atoms with Crippen LogP contribution in [0.5, 0.6) is 0 Å². The molecule has 4 rings (SSSR count). The molecule has 0 spiro atoms. The van der Waals surface area contributed by atoms with Gasteiger partial charge in [0.25, 0.3) is 0 Å². The summed E-state index contributed by atoms with van der Waals surface area (Å²) >= 11 is 0. The Balaban J connectivity index is 1.57. The quantitative estimate of drug-likeness (QED) is 0.666. The largest absolute Gasteiger partial charge is 0.298 e. The Hall–Kier alpha value is -2.12. The van der Waals surface area contributed by atoms with Crippen LogP contribution in [0.25, 0.3) is 10.8 Å². The molecule has 3 aromatic carbocycles. The second-order valence-corrected chi connectivity index (χ2v) is 6.24. The first-order chi connectivity index (χ1) is 11.4. The van der Waals surface area contributed by atoms with E-state index in [1.165, 1.54) is 27.8 Å². The van der Waals surface area contributed by atoms with Crippen molar-refractivity contribution in [1.82, 2.24) is 4.90 Å². The average Bonchev–Trinajstić information content (AvgIpc) is 2.62. The first-order valence-corrected chi connectivity index (χ1v) is 8.33. The van der Waals surface area contributed by atoms with Crippen LogP contribution in [0.2, 0.25) is 0 Å². The molecule has 0 aliphatic carbocycles. The third-order valence-electron chi connectivity index (χ3n) is 4.61. The fraction of sp³-hybridized carbons (Fsp3) is 0.182. The molecule has 23 heavy (non-hydrogen) atoms. The van der Waals surface area contributed by atoms with Crippen LogP contribution in [-0.2, 0) is 6.54 Å². The molecule has 1 aliphatic rings. The zero-order valence-electron chi connectivity index (χ0n) is 13.3. The summed E-state index contributed by atoms with van der Waals surface area (Å²) < 4.78 is 0. The molecule has 1 nitrogen and oxygen atoms in total. The van der Waals surface area contributed by atoms with Crippen LogP contribution in [0, 0.1) is 12.3 Å². The van der Waals surface area contributed by atoms with Crippen molar-refractivity contribution in [2.75, 3.05) is 13.1 Å². The first-order valence-electron chi connectivity index (χ1n) is 8.33. The number of benzene rings is 3. The molecule has 0 aromatic heterocycles. The molecule has 0 bridgehead atoms. The third-order valence-corrected chi connectivity index (χ3v) is 4.61. The lowest BCUT2D eigenvalue weighted by atomic mass is 9.87. The summed E-state index contributed by atoms with van der Waals surface area (Å²) in [5, 5.41) is 2.69. The van der Waals surface area contributed by atoms with Crippen LogP contribution < -0.4 is 0 Å². The molecule has 1 saturated heterocycles. The van der Waals surface area contributed by atoms with Gasteiger partial charge in [0.2, 0.25) is 0 Å². The molecular formula is C22H21N. The number of hydrogen-bond donors (Lipinski definition) is 0. The molecule has 1 aliphatic heterocycles. The molecule has 2 radical (unpaired) electrons. The fourth-order valence-corrected chi connectivity index (χ4v) is 3.48. The predicted octanol–water partition coefficient (Wildman–Crippen LogP) is 4.87. The highest BCUT2D eigenvalue weighted by atomic mass is 15.1. The maximum absolute atomic E-state index is 2.55. The molecule has 0 saturated carbocycles. The third kappa shape index (κ3) is 3.16. The molecule has 114 valence electrons. The first kappa shape index (κ1) is 14.5. The van der Waals surface area contributed by atoms with E-state index in [-0.39, 0.29) is 0 Å². The van der Waals surface area contributed by atoms with Crippen molar-refractivity contribution in [3.8, 4) is 0 Å². The van der Waals surface area contributed by atoms with Crippen molar-refractivity contribution < 1.29 is 0 Å². The lowest BCUT2D eigenvalue weighted by Crippen LogP contribution is -2.34. The zero-order valence-corrected chi connectivity index (χ0v) is 13.3. The van der Waals surface area contributed by atoms with E-state index in [2.05, 4.69) is 84.1 Å². The molecule has 0 unspecified atom stereocenters. The van der Waals surface area contributed by atoms with Crippen molar-refractivity contribution in [3.05, 3.63) is 96.3 Å². The number of likely N-dealkylation sites (tertiary alicyclic amines) is 1. The molecule has 0 amide bonds. The predicted molar refractivity (Wildman–Crippen MR) is 96.9 cm³/mol. The summed E-state index contributed by atoms with van der Waals surface area (Å²) in [7, 11) is 0.